The van der Waals surface area contributed by atoms with Crippen LogP contribution in [0.2, 0.25) is 0 Å². The number of benzene rings is 1. The molecule has 0 unspecified atom stereocenters. The SMILES string of the molecule is COB(OC)c1cn(C)c2cc(C)c(C)cc12. The number of rotatable bonds is 3. The number of fused-ring (bicyclic) bond motifs is 1. The highest BCUT2D eigenvalue weighted by molar-refractivity contribution is 6.64. The molecule has 0 fully saturated rings. The predicted molar refractivity (Wildman–Crippen MR) is 71.8 cm³/mol. The summed E-state index contributed by atoms with van der Waals surface area (Å²) in [6.07, 6.45) is 2.07. The van der Waals surface area contributed by atoms with Crippen molar-refractivity contribution >= 4 is 23.5 Å². The van der Waals surface area contributed by atoms with Gasteiger partial charge in [0.1, 0.15) is 0 Å². The molecule has 4 heteroatoms. The highest BCUT2D eigenvalue weighted by Crippen LogP contribution is 2.19. The fourth-order valence-corrected chi connectivity index (χ4v) is 2.21. The van der Waals surface area contributed by atoms with Crippen LogP contribution in [-0.2, 0) is 16.4 Å². The van der Waals surface area contributed by atoms with E-state index < -0.39 is 0 Å². The Kier molecular flexibility index (Phi) is 3.27. The van der Waals surface area contributed by atoms with Crippen LogP contribution in [-0.4, -0.2) is 25.9 Å². The van der Waals surface area contributed by atoms with Gasteiger partial charge in [-0.1, -0.05) is 0 Å². The third kappa shape index (κ3) is 1.98. The van der Waals surface area contributed by atoms with Crippen molar-refractivity contribution in [2.75, 3.05) is 14.2 Å². The molecule has 1 aromatic heterocycles. The van der Waals surface area contributed by atoms with Crippen molar-refractivity contribution in [1.29, 1.82) is 0 Å². The van der Waals surface area contributed by atoms with Crippen LogP contribution >= 0.6 is 0 Å². The first-order valence-electron chi connectivity index (χ1n) is 5.70. The van der Waals surface area contributed by atoms with Crippen LogP contribution in [0.4, 0.5) is 0 Å². The van der Waals surface area contributed by atoms with E-state index in [4.69, 9.17) is 9.31 Å². The van der Waals surface area contributed by atoms with Crippen LogP contribution in [0.25, 0.3) is 10.9 Å². The Bertz CT molecular complexity index is 544. The fraction of sp³-hybridized carbons (Fsp3) is 0.385. The summed E-state index contributed by atoms with van der Waals surface area (Å²) in [5, 5.41) is 1.20. The zero-order chi connectivity index (χ0) is 12.6. The molecule has 0 spiro atoms. The smallest absolute Gasteiger partial charge is 0.410 e. The molecule has 3 nitrogen and oxygen atoms in total. The largest absolute Gasteiger partial charge is 0.495 e. The van der Waals surface area contributed by atoms with Crippen LogP contribution in [0.15, 0.2) is 18.3 Å². The zero-order valence-electron chi connectivity index (χ0n) is 11.1. The Morgan fingerprint density at radius 3 is 2.24 bits per heavy atom. The minimum absolute atomic E-state index is 0.305. The first kappa shape index (κ1) is 12.2. The molecule has 17 heavy (non-hydrogen) atoms. The highest BCUT2D eigenvalue weighted by atomic mass is 16.6. The summed E-state index contributed by atoms with van der Waals surface area (Å²) >= 11 is 0. The van der Waals surface area contributed by atoms with Crippen LogP contribution in [0.1, 0.15) is 11.1 Å². The van der Waals surface area contributed by atoms with Crippen LogP contribution in [0, 0.1) is 13.8 Å². The maximum absolute atomic E-state index is 5.34. The standard InChI is InChI=1S/C13H18BNO2/c1-9-6-11-12(14(16-4)17-5)8-15(3)13(11)7-10(9)2/h6-8H,1-5H3. The Labute approximate surface area is 102 Å². The predicted octanol–water partition coefficient (Wildman–Crippen LogP) is 1.78. The maximum Gasteiger partial charge on any atom is 0.495 e. The average Bonchev–Trinajstić information content (AvgIpc) is 2.60. The molecule has 0 saturated carbocycles. The van der Waals surface area contributed by atoms with Crippen molar-refractivity contribution in [1.82, 2.24) is 4.57 Å². The maximum atomic E-state index is 5.34. The molecule has 0 amide bonds. The fourth-order valence-electron chi connectivity index (χ4n) is 2.21. The summed E-state index contributed by atoms with van der Waals surface area (Å²) in [6, 6.07) is 4.40. The molecule has 0 atom stereocenters. The van der Waals surface area contributed by atoms with Gasteiger partial charge in [-0.3, -0.25) is 0 Å². The van der Waals surface area contributed by atoms with Gasteiger partial charge >= 0.3 is 7.12 Å². The van der Waals surface area contributed by atoms with E-state index in [0.717, 1.165) is 5.46 Å². The Balaban J connectivity index is 2.69. The second-order valence-electron chi connectivity index (χ2n) is 4.45. The van der Waals surface area contributed by atoms with E-state index >= 15 is 0 Å². The topological polar surface area (TPSA) is 23.4 Å². The van der Waals surface area contributed by atoms with Gasteiger partial charge < -0.3 is 13.9 Å². The summed E-state index contributed by atoms with van der Waals surface area (Å²) in [4.78, 5) is 0. The second kappa shape index (κ2) is 4.55. The minimum atomic E-state index is -0.305. The summed E-state index contributed by atoms with van der Waals surface area (Å²) in [7, 11) is 5.06. The van der Waals surface area contributed by atoms with Crippen LogP contribution in [0.5, 0.6) is 0 Å². The van der Waals surface area contributed by atoms with Crippen molar-refractivity contribution < 1.29 is 9.31 Å². The molecule has 0 radical (unpaired) electrons. The van der Waals surface area contributed by atoms with Gasteiger partial charge in [0.15, 0.2) is 0 Å². The highest BCUT2D eigenvalue weighted by Gasteiger charge is 2.23. The lowest BCUT2D eigenvalue weighted by Gasteiger charge is -2.07. The normalized spacial score (nSPS) is 11.1. The van der Waals surface area contributed by atoms with E-state index in [1.165, 1.54) is 22.0 Å². The molecule has 0 bridgehead atoms. The monoisotopic (exact) mass is 231 g/mol. The molecular formula is C13H18BNO2. The first-order chi connectivity index (χ1) is 8.08. The van der Waals surface area contributed by atoms with Gasteiger partial charge in [-0.25, -0.2) is 0 Å². The van der Waals surface area contributed by atoms with Gasteiger partial charge in [0.25, 0.3) is 0 Å². The lowest BCUT2D eigenvalue weighted by molar-refractivity contribution is 0.292. The number of hydrogen-bond acceptors (Lipinski definition) is 2. The molecule has 0 aliphatic heterocycles. The lowest BCUT2D eigenvalue weighted by Crippen LogP contribution is -2.34. The first-order valence-corrected chi connectivity index (χ1v) is 5.70. The van der Waals surface area contributed by atoms with Gasteiger partial charge in [0.2, 0.25) is 0 Å². The Morgan fingerprint density at radius 2 is 1.65 bits per heavy atom. The van der Waals surface area contributed by atoms with E-state index in [1.807, 2.05) is 7.05 Å². The zero-order valence-corrected chi connectivity index (χ0v) is 11.1. The van der Waals surface area contributed by atoms with E-state index in [2.05, 4.69) is 36.7 Å². The quantitative estimate of drug-likeness (QED) is 0.751. The molecule has 1 aromatic carbocycles. The molecule has 2 aromatic rings. The molecule has 0 saturated heterocycles. The van der Waals surface area contributed by atoms with E-state index in [9.17, 15) is 0 Å². The van der Waals surface area contributed by atoms with Crippen molar-refractivity contribution in [2.24, 2.45) is 7.05 Å². The number of nitrogens with zero attached hydrogens (tertiary/aromatic N) is 1. The molecule has 0 aliphatic rings. The van der Waals surface area contributed by atoms with E-state index in [0.29, 0.717) is 0 Å². The molecule has 2 rings (SSSR count). The molecular weight excluding hydrogens is 213 g/mol. The van der Waals surface area contributed by atoms with Gasteiger partial charge in [-0.15, -0.1) is 0 Å². The molecule has 90 valence electrons. The number of hydrogen-bond donors (Lipinski definition) is 0. The molecule has 0 aliphatic carbocycles. The van der Waals surface area contributed by atoms with Crippen molar-refractivity contribution in [3.63, 3.8) is 0 Å². The van der Waals surface area contributed by atoms with Gasteiger partial charge in [-0.2, -0.15) is 0 Å². The summed E-state index contributed by atoms with van der Waals surface area (Å²) in [5.41, 5.74) is 4.88. The Hall–Kier alpha value is -1.26. The summed E-state index contributed by atoms with van der Waals surface area (Å²) in [6.45, 7) is 4.26. The van der Waals surface area contributed by atoms with E-state index in [-0.39, 0.29) is 7.12 Å². The van der Waals surface area contributed by atoms with Gasteiger partial charge in [0.05, 0.1) is 0 Å². The third-order valence-electron chi connectivity index (χ3n) is 3.32. The summed E-state index contributed by atoms with van der Waals surface area (Å²) in [5.74, 6) is 0. The van der Waals surface area contributed by atoms with Crippen molar-refractivity contribution in [3.8, 4) is 0 Å². The minimum Gasteiger partial charge on any atom is -0.410 e. The second-order valence-corrected chi connectivity index (χ2v) is 4.45. The summed E-state index contributed by atoms with van der Waals surface area (Å²) < 4.78 is 12.8. The van der Waals surface area contributed by atoms with Crippen LogP contribution in [0.3, 0.4) is 0 Å². The Morgan fingerprint density at radius 1 is 1.06 bits per heavy atom. The van der Waals surface area contributed by atoms with Gasteiger partial charge in [-0.05, 0) is 42.5 Å². The van der Waals surface area contributed by atoms with Crippen molar-refractivity contribution in [3.05, 3.63) is 29.5 Å². The average molecular weight is 231 g/mol. The van der Waals surface area contributed by atoms with Crippen molar-refractivity contribution in [2.45, 2.75) is 13.8 Å². The van der Waals surface area contributed by atoms with Gasteiger partial charge in [0, 0.05) is 38.4 Å². The number of aryl methyl sites for hydroxylation is 3. The van der Waals surface area contributed by atoms with Crippen LogP contribution < -0.4 is 5.46 Å². The lowest BCUT2D eigenvalue weighted by atomic mass is 9.78. The number of aromatic nitrogens is 1. The van der Waals surface area contributed by atoms with E-state index in [1.54, 1.807) is 14.2 Å². The molecule has 1 heterocycles. The molecule has 0 N–H and O–H groups in total. The third-order valence-corrected chi connectivity index (χ3v) is 3.32.